The van der Waals surface area contributed by atoms with E-state index in [2.05, 4.69) is 119 Å². The summed E-state index contributed by atoms with van der Waals surface area (Å²) in [5.41, 5.74) is 2.31. The van der Waals surface area contributed by atoms with Crippen LogP contribution < -0.4 is 0 Å². The Morgan fingerprint density at radius 3 is 2.19 bits per heavy atom. The summed E-state index contributed by atoms with van der Waals surface area (Å²) in [6.45, 7) is 11.4. The van der Waals surface area contributed by atoms with Gasteiger partial charge < -0.3 is 0 Å². The van der Waals surface area contributed by atoms with E-state index in [-0.39, 0.29) is 11.6 Å². The van der Waals surface area contributed by atoms with Crippen LogP contribution in [-0.4, -0.2) is 62.7 Å². The SMILES string of the molecule is CC(C)(C)n1nnnc1[C@H](c1ccccc1)N1CCN(CC=Cc2ccccc2)CC1. The molecule has 6 nitrogen and oxygen atoms in total. The van der Waals surface area contributed by atoms with Crippen LogP contribution in [0.2, 0.25) is 0 Å². The van der Waals surface area contributed by atoms with Gasteiger partial charge in [0.05, 0.1) is 11.6 Å². The van der Waals surface area contributed by atoms with Gasteiger partial charge in [0.25, 0.3) is 0 Å². The Bertz CT molecular complexity index is 966. The second kappa shape index (κ2) is 9.54. The van der Waals surface area contributed by atoms with Gasteiger partial charge in [-0.05, 0) is 42.3 Å². The molecule has 0 radical (unpaired) electrons. The van der Waals surface area contributed by atoms with Crippen molar-refractivity contribution in [3.8, 4) is 0 Å². The molecule has 1 fully saturated rings. The molecule has 0 bridgehead atoms. The van der Waals surface area contributed by atoms with Crippen molar-refractivity contribution in [3.63, 3.8) is 0 Å². The minimum atomic E-state index is -0.171. The normalized spacial score (nSPS) is 17.3. The second-order valence-electron chi connectivity index (χ2n) is 9.08. The summed E-state index contributed by atoms with van der Waals surface area (Å²) >= 11 is 0. The molecule has 0 spiro atoms. The van der Waals surface area contributed by atoms with Crippen LogP contribution in [0, 0.1) is 0 Å². The van der Waals surface area contributed by atoms with Gasteiger partial charge in [-0.3, -0.25) is 9.80 Å². The predicted octanol–water partition coefficient (Wildman–Crippen LogP) is 3.85. The van der Waals surface area contributed by atoms with Gasteiger partial charge in [0, 0.05) is 32.7 Å². The van der Waals surface area contributed by atoms with Gasteiger partial charge >= 0.3 is 0 Å². The van der Waals surface area contributed by atoms with E-state index < -0.39 is 0 Å². The zero-order valence-corrected chi connectivity index (χ0v) is 18.7. The molecule has 31 heavy (non-hydrogen) atoms. The Hall–Kier alpha value is -2.83. The number of tetrazole rings is 1. The fourth-order valence-electron chi connectivity index (χ4n) is 4.11. The van der Waals surface area contributed by atoms with Crippen molar-refractivity contribution >= 4 is 6.08 Å². The van der Waals surface area contributed by atoms with Crippen LogP contribution in [0.15, 0.2) is 66.7 Å². The molecular formula is C25H32N6. The Kier molecular flexibility index (Phi) is 6.59. The van der Waals surface area contributed by atoms with Crippen LogP contribution in [0.1, 0.15) is 43.8 Å². The molecule has 4 rings (SSSR count). The number of rotatable bonds is 6. The van der Waals surface area contributed by atoms with Crippen molar-refractivity contribution in [2.75, 3.05) is 32.7 Å². The maximum atomic E-state index is 4.47. The maximum Gasteiger partial charge on any atom is 0.173 e. The van der Waals surface area contributed by atoms with Gasteiger partial charge in [0.1, 0.15) is 0 Å². The smallest absolute Gasteiger partial charge is 0.173 e. The van der Waals surface area contributed by atoms with Gasteiger partial charge in [-0.25, -0.2) is 4.68 Å². The van der Waals surface area contributed by atoms with Crippen molar-refractivity contribution in [2.45, 2.75) is 32.4 Å². The highest BCUT2D eigenvalue weighted by Gasteiger charge is 2.32. The molecule has 2 heterocycles. The first-order chi connectivity index (χ1) is 15.0. The fourth-order valence-corrected chi connectivity index (χ4v) is 4.11. The lowest BCUT2D eigenvalue weighted by atomic mass is 10.0. The molecule has 162 valence electrons. The zero-order chi connectivity index (χ0) is 21.7. The third-order valence-corrected chi connectivity index (χ3v) is 5.73. The zero-order valence-electron chi connectivity index (χ0n) is 18.7. The molecule has 1 aromatic heterocycles. The molecule has 0 N–H and O–H groups in total. The van der Waals surface area contributed by atoms with Crippen LogP contribution in [-0.2, 0) is 5.54 Å². The standard InChI is InChI=1S/C25H32N6/c1-25(2,3)31-24(26-27-28-31)23(22-14-8-5-9-15-22)30-19-17-29(18-20-30)16-10-13-21-11-6-4-7-12-21/h4-15,23H,16-20H2,1-3H3/t23-/m0/s1. The van der Waals surface area contributed by atoms with Crippen molar-refractivity contribution in [1.29, 1.82) is 0 Å². The Balaban J connectivity index is 1.47. The van der Waals surface area contributed by atoms with Crippen molar-refractivity contribution in [3.05, 3.63) is 83.7 Å². The van der Waals surface area contributed by atoms with Gasteiger partial charge in [-0.15, -0.1) is 5.10 Å². The maximum absolute atomic E-state index is 4.47. The first-order valence-electron chi connectivity index (χ1n) is 11.0. The van der Waals surface area contributed by atoms with E-state index >= 15 is 0 Å². The number of hydrogen-bond acceptors (Lipinski definition) is 5. The van der Waals surface area contributed by atoms with Crippen molar-refractivity contribution in [2.24, 2.45) is 0 Å². The fraction of sp³-hybridized carbons (Fsp3) is 0.400. The average Bonchev–Trinajstić information content (AvgIpc) is 3.27. The highest BCUT2D eigenvalue weighted by molar-refractivity contribution is 5.48. The lowest BCUT2D eigenvalue weighted by Crippen LogP contribution is -2.48. The summed E-state index contributed by atoms with van der Waals surface area (Å²) in [4.78, 5) is 5.02. The topological polar surface area (TPSA) is 50.1 Å². The van der Waals surface area contributed by atoms with E-state index in [9.17, 15) is 0 Å². The third kappa shape index (κ3) is 5.27. The number of benzene rings is 2. The minimum absolute atomic E-state index is 0.0532. The molecule has 1 aliphatic heterocycles. The Morgan fingerprint density at radius 1 is 0.903 bits per heavy atom. The first-order valence-corrected chi connectivity index (χ1v) is 11.0. The Morgan fingerprint density at radius 2 is 1.55 bits per heavy atom. The minimum Gasteiger partial charge on any atom is -0.297 e. The van der Waals surface area contributed by atoms with E-state index in [4.69, 9.17) is 0 Å². The van der Waals surface area contributed by atoms with Gasteiger partial charge in [0.2, 0.25) is 0 Å². The molecule has 1 aliphatic rings. The molecule has 1 atom stereocenters. The van der Waals surface area contributed by atoms with E-state index in [1.54, 1.807) is 0 Å². The van der Waals surface area contributed by atoms with Crippen LogP contribution in [0.4, 0.5) is 0 Å². The highest BCUT2D eigenvalue weighted by Crippen LogP contribution is 2.30. The summed E-state index contributed by atoms with van der Waals surface area (Å²) in [7, 11) is 0. The summed E-state index contributed by atoms with van der Waals surface area (Å²) in [5, 5.41) is 12.8. The number of piperazine rings is 1. The molecule has 0 amide bonds. The van der Waals surface area contributed by atoms with Crippen LogP contribution in [0.25, 0.3) is 6.08 Å². The number of nitrogens with zero attached hydrogens (tertiary/aromatic N) is 6. The third-order valence-electron chi connectivity index (χ3n) is 5.73. The molecule has 6 heteroatoms. The molecule has 0 aliphatic carbocycles. The van der Waals surface area contributed by atoms with Crippen LogP contribution in [0.3, 0.4) is 0 Å². The molecule has 1 saturated heterocycles. The number of aromatic nitrogens is 4. The highest BCUT2D eigenvalue weighted by atomic mass is 15.6. The Labute approximate surface area is 185 Å². The van der Waals surface area contributed by atoms with Crippen LogP contribution >= 0.6 is 0 Å². The average molecular weight is 417 g/mol. The van der Waals surface area contributed by atoms with Gasteiger partial charge in [-0.2, -0.15) is 0 Å². The molecule has 0 unspecified atom stereocenters. The van der Waals surface area contributed by atoms with Crippen molar-refractivity contribution in [1.82, 2.24) is 30.0 Å². The quantitative estimate of drug-likeness (QED) is 0.611. The lowest BCUT2D eigenvalue weighted by molar-refractivity contribution is 0.110. The lowest BCUT2D eigenvalue weighted by Gasteiger charge is -2.39. The first kappa shape index (κ1) is 21.4. The molecule has 3 aromatic rings. The summed E-state index contributed by atoms with van der Waals surface area (Å²) in [5.74, 6) is 0.913. The molecular weight excluding hydrogens is 384 g/mol. The molecule has 0 saturated carbocycles. The predicted molar refractivity (Wildman–Crippen MR) is 125 cm³/mol. The van der Waals surface area contributed by atoms with Crippen LogP contribution in [0.5, 0.6) is 0 Å². The van der Waals surface area contributed by atoms with Gasteiger partial charge in [-0.1, -0.05) is 72.8 Å². The monoisotopic (exact) mass is 416 g/mol. The summed E-state index contributed by atoms with van der Waals surface area (Å²) < 4.78 is 1.97. The van der Waals surface area contributed by atoms with Crippen molar-refractivity contribution < 1.29 is 0 Å². The largest absolute Gasteiger partial charge is 0.297 e. The second-order valence-corrected chi connectivity index (χ2v) is 9.08. The van der Waals surface area contributed by atoms with E-state index in [1.165, 1.54) is 11.1 Å². The van der Waals surface area contributed by atoms with Gasteiger partial charge in [0.15, 0.2) is 5.82 Å². The van der Waals surface area contributed by atoms with E-state index in [0.717, 1.165) is 38.5 Å². The van der Waals surface area contributed by atoms with E-state index in [0.29, 0.717) is 0 Å². The van der Waals surface area contributed by atoms with E-state index in [1.807, 2.05) is 4.68 Å². The molecule has 2 aromatic carbocycles. The summed E-state index contributed by atoms with van der Waals surface area (Å²) in [6, 6.07) is 21.1. The summed E-state index contributed by atoms with van der Waals surface area (Å²) in [6.07, 6.45) is 4.47. The number of hydrogen-bond donors (Lipinski definition) is 0.